The van der Waals surface area contributed by atoms with Crippen molar-refractivity contribution in [2.45, 2.75) is 33.2 Å². The van der Waals surface area contributed by atoms with Crippen LogP contribution in [0.1, 0.15) is 25.6 Å². The van der Waals surface area contributed by atoms with E-state index in [4.69, 9.17) is 5.84 Å². The number of aryl methyl sites for hydroxylation is 1. The molecule has 7 heteroatoms. The Labute approximate surface area is 122 Å². The van der Waals surface area contributed by atoms with Gasteiger partial charge >= 0.3 is 0 Å². The number of fused-ring (bicyclic) bond motifs is 1. The van der Waals surface area contributed by atoms with Crippen molar-refractivity contribution < 1.29 is 5.11 Å². The van der Waals surface area contributed by atoms with Crippen LogP contribution in [0.3, 0.4) is 0 Å². The first-order valence-corrected chi connectivity index (χ1v) is 7.56. The third-order valence-corrected chi connectivity index (χ3v) is 4.31. The van der Waals surface area contributed by atoms with Gasteiger partial charge in [0.1, 0.15) is 10.6 Å². The normalized spacial score (nSPS) is 11.3. The Morgan fingerprint density at radius 1 is 1.45 bits per heavy atom. The number of nitrogens with zero attached hydrogens (tertiary/aromatic N) is 3. The van der Waals surface area contributed by atoms with Gasteiger partial charge in [-0.3, -0.25) is 5.43 Å². The van der Waals surface area contributed by atoms with Crippen LogP contribution < -0.4 is 16.2 Å². The van der Waals surface area contributed by atoms with Crippen molar-refractivity contribution >= 4 is 33.3 Å². The lowest BCUT2D eigenvalue weighted by Crippen LogP contribution is -2.34. The van der Waals surface area contributed by atoms with Crippen LogP contribution in [0, 0.1) is 0 Å². The topological polar surface area (TPSA) is 87.3 Å². The van der Waals surface area contributed by atoms with Crippen LogP contribution in [0.5, 0.6) is 0 Å². The van der Waals surface area contributed by atoms with Crippen LogP contribution in [0.2, 0.25) is 0 Å². The average Bonchev–Trinajstić information content (AvgIpc) is 2.86. The van der Waals surface area contributed by atoms with E-state index in [1.807, 2.05) is 0 Å². The smallest absolute Gasteiger partial charge is 0.240 e. The predicted octanol–water partition coefficient (Wildman–Crippen LogP) is 1.75. The Kier molecular flexibility index (Phi) is 4.74. The summed E-state index contributed by atoms with van der Waals surface area (Å²) >= 11 is 1.65. The molecule has 0 spiro atoms. The maximum atomic E-state index is 9.27. The lowest BCUT2D eigenvalue weighted by atomic mass is 10.2. The molecule has 0 amide bonds. The molecular weight excluding hydrogens is 274 g/mol. The number of hydrogen-bond donors (Lipinski definition) is 3. The summed E-state index contributed by atoms with van der Waals surface area (Å²) in [7, 11) is 0. The number of nitrogen functional groups attached to an aromatic ring is 1. The van der Waals surface area contributed by atoms with Crippen molar-refractivity contribution in [3.8, 4) is 0 Å². The lowest BCUT2D eigenvalue weighted by molar-refractivity contribution is 0.299. The number of hydrogen-bond acceptors (Lipinski definition) is 7. The number of aromatic nitrogens is 2. The Balaban J connectivity index is 2.61. The van der Waals surface area contributed by atoms with Gasteiger partial charge < -0.3 is 10.0 Å². The van der Waals surface area contributed by atoms with E-state index < -0.39 is 0 Å². The van der Waals surface area contributed by atoms with Crippen LogP contribution in [0.4, 0.5) is 11.8 Å². The zero-order chi connectivity index (χ0) is 14.7. The molecule has 6 nitrogen and oxygen atoms in total. The van der Waals surface area contributed by atoms with Gasteiger partial charge in [-0.05, 0) is 26.3 Å². The van der Waals surface area contributed by atoms with Gasteiger partial charge in [0.15, 0.2) is 0 Å². The largest absolute Gasteiger partial charge is 0.395 e. The van der Waals surface area contributed by atoms with E-state index in [1.54, 1.807) is 11.3 Å². The number of rotatable bonds is 6. The molecule has 0 saturated carbocycles. The van der Waals surface area contributed by atoms with Crippen molar-refractivity contribution in [1.29, 1.82) is 0 Å². The first-order chi connectivity index (χ1) is 9.60. The molecule has 0 aliphatic heterocycles. The summed E-state index contributed by atoms with van der Waals surface area (Å²) in [6.07, 6.45) is 0.966. The fourth-order valence-electron chi connectivity index (χ4n) is 2.13. The van der Waals surface area contributed by atoms with E-state index in [9.17, 15) is 5.11 Å². The lowest BCUT2D eigenvalue weighted by Gasteiger charge is -2.27. The fraction of sp³-hybridized carbons (Fsp3) is 0.538. The van der Waals surface area contributed by atoms with E-state index in [-0.39, 0.29) is 12.6 Å². The molecule has 2 aromatic heterocycles. The molecule has 0 fully saturated rings. The maximum Gasteiger partial charge on any atom is 0.240 e. The number of anilines is 2. The van der Waals surface area contributed by atoms with Crippen LogP contribution in [-0.4, -0.2) is 34.3 Å². The zero-order valence-corrected chi connectivity index (χ0v) is 12.9. The molecule has 110 valence electrons. The molecule has 0 radical (unpaired) electrons. The average molecular weight is 295 g/mol. The van der Waals surface area contributed by atoms with Gasteiger partial charge in [0.05, 0.1) is 12.0 Å². The molecule has 0 unspecified atom stereocenters. The summed E-state index contributed by atoms with van der Waals surface area (Å²) in [6, 6.07) is 2.36. The molecule has 0 saturated heterocycles. The standard InChI is InChI=1S/C13H21N5OS/c1-4-9-7-10-11(18(5-6-19)8(2)3)15-13(17-14)16-12(10)20-9/h7-8,19H,4-6,14H2,1-3H3,(H,15,16,17). The number of hydrazine groups is 1. The van der Waals surface area contributed by atoms with Gasteiger partial charge in [-0.2, -0.15) is 4.98 Å². The van der Waals surface area contributed by atoms with Crippen LogP contribution in [0.25, 0.3) is 10.2 Å². The second-order valence-corrected chi connectivity index (χ2v) is 5.93. The highest BCUT2D eigenvalue weighted by Gasteiger charge is 2.18. The monoisotopic (exact) mass is 295 g/mol. The number of nitrogens with one attached hydrogen (secondary N) is 1. The van der Waals surface area contributed by atoms with E-state index in [0.717, 1.165) is 22.5 Å². The van der Waals surface area contributed by atoms with Crippen LogP contribution >= 0.6 is 11.3 Å². The minimum absolute atomic E-state index is 0.0832. The molecule has 0 bridgehead atoms. The number of aliphatic hydroxyl groups excluding tert-OH is 1. The second-order valence-electron chi connectivity index (χ2n) is 4.81. The Morgan fingerprint density at radius 2 is 2.20 bits per heavy atom. The molecular formula is C13H21N5OS. The van der Waals surface area contributed by atoms with Gasteiger partial charge in [-0.25, -0.2) is 10.8 Å². The van der Waals surface area contributed by atoms with Gasteiger partial charge in [-0.15, -0.1) is 11.3 Å². The van der Waals surface area contributed by atoms with Crippen molar-refractivity contribution in [1.82, 2.24) is 9.97 Å². The Hall–Kier alpha value is -1.44. The van der Waals surface area contributed by atoms with Crippen molar-refractivity contribution in [3.63, 3.8) is 0 Å². The SMILES string of the molecule is CCc1cc2c(N(CCO)C(C)C)nc(NN)nc2s1. The summed E-state index contributed by atoms with van der Waals surface area (Å²) in [6.45, 7) is 6.89. The molecule has 0 atom stereocenters. The van der Waals surface area contributed by atoms with Crippen LogP contribution in [-0.2, 0) is 6.42 Å². The van der Waals surface area contributed by atoms with E-state index in [2.05, 4.69) is 47.1 Å². The van der Waals surface area contributed by atoms with Crippen molar-refractivity contribution in [2.75, 3.05) is 23.5 Å². The third-order valence-electron chi connectivity index (χ3n) is 3.14. The summed E-state index contributed by atoms with van der Waals surface area (Å²) in [4.78, 5) is 13.1. The van der Waals surface area contributed by atoms with E-state index in [0.29, 0.717) is 12.5 Å². The molecule has 2 aromatic rings. The number of thiophene rings is 1. The summed E-state index contributed by atoms with van der Waals surface area (Å²) in [5.74, 6) is 6.69. The molecule has 2 heterocycles. The highest BCUT2D eigenvalue weighted by molar-refractivity contribution is 7.18. The Bertz CT molecular complexity index is 583. The highest BCUT2D eigenvalue weighted by atomic mass is 32.1. The van der Waals surface area contributed by atoms with Gasteiger partial charge in [0.25, 0.3) is 0 Å². The number of aliphatic hydroxyl groups is 1. The Morgan fingerprint density at radius 3 is 2.75 bits per heavy atom. The summed E-state index contributed by atoms with van der Waals surface area (Å²) < 4.78 is 0. The van der Waals surface area contributed by atoms with Gasteiger partial charge in [-0.1, -0.05) is 6.92 Å². The summed E-state index contributed by atoms with van der Waals surface area (Å²) in [5, 5.41) is 10.3. The summed E-state index contributed by atoms with van der Waals surface area (Å²) in [5.41, 5.74) is 2.52. The van der Waals surface area contributed by atoms with Gasteiger partial charge in [0.2, 0.25) is 5.95 Å². The molecule has 0 aliphatic carbocycles. The first-order valence-electron chi connectivity index (χ1n) is 6.75. The van der Waals surface area contributed by atoms with Crippen LogP contribution in [0.15, 0.2) is 6.07 Å². The molecule has 0 aliphatic rings. The molecule has 4 N–H and O–H groups in total. The third kappa shape index (κ3) is 2.84. The fourth-order valence-corrected chi connectivity index (χ4v) is 3.09. The van der Waals surface area contributed by atoms with E-state index in [1.165, 1.54) is 4.88 Å². The predicted molar refractivity (Wildman–Crippen MR) is 84.2 cm³/mol. The molecule has 0 aromatic carbocycles. The minimum Gasteiger partial charge on any atom is -0.395 e. The molecule has 20 heavy (non-hydrogen) atoms. The molecule has 2 rings (SSSR count). The minimum atomic E-state index is 0.0832. The quantitative estimate of drug-likeness (QED) is 0.556. The van der Waals surface area contributed by atoms with Crippen molar-refractivity contribution in [2.24, 2.45) is 5.84 Å². The van der Waals surface area contributed by atoms with Gasteiger partial charge in [0, 0.05) is 17.5 Å². The highest BCUT2D eigenvalue weighted by Crippen LogP contribution is 2.32. The number of nitrogens with two attached hydrogens (primary N) is 1. The first kappa shape index (κ1) is 15.0. The zero-order valence-electron chi connectivity index (χ0n) is 12.1. The van der Waals surface area contributed by atoms with Crippen molar-refractivity contribution in [3.05, 3.63) is 10.9 Å². The van der Waals surface area contributed by atoms with E-state index >= 15 is 0 Å². The maximum absolute atomic E-state index is 9.27. The second kappa shape index (κ2) is 6.34.